The minimum absolute atomic E-state index is 0.726. The maximum atomic E-state index is 8.40. The van der Waals surface area contributed by atoms with Gasteiger partial charge in [-0.2, -0.15) is 5.26 Å². The van der Waals surface area contributed by atoms with E-state index in [1.807, 2.05) is 0 Å². The summed E-state index contributed by atoms with van der Waals surface area (Å²) in [5, 5.41) is 8.40. The molecule has 0 bridgehead atoms. The molecule has 0 saturated heterocycles. The summed E-state index contributed by atoms with van der Waals surface area (Å²) in [6.07, 6.45) is 17.1. The molecule has 0 aliphatic heterocycles. The second kappa shape index (κ2) is 17.1. The normalized spacial score (nSPS) is 9.68. The highest BCUT2D eigenvalue weighted by molar-refractivity contribution is 4.98. The van der Waals surface area contributed by atoms with Crippen LogP contribution in [0.3, 0.4) is 0 Å². The van der Waals surface area contributed by atoms with Crippen molar-refractivity contribution in [1.29, 1.82) is 5.26 Å². The van der Waals surface area contributed by atoms with Crippen LogP contribution in [0.5, 0.6) is 0 Å². The lowest BCUT2D eigenvalue weighted by molar-refractivity contribution is 0.603. The molecular weight excluding hydrogens is 230 g/mol. The van der Waals surface area contributed by atoms with Crippen molar-refractivity contribution in [1.82, 2.24) is 0 Å². The van der Waals surface area contributed by atoms with Crippen molar-refractivity contribution >= 4 is 0 Å². The summed E-state index contributed by atoms with van der Waals surface area (Å²) < 4.78 is 0. The van der Waals surface area contributed by atoms with Crippen LogP contribution < -0.4 is 0 Å². The van der Waals surface area contributed by atoms with Crippen molar-refractivity contribution in [3.63, 3.8) is 0 Å². The van der Waals surface area contributed by atoms with Crippen molar-refractivity contribution in [2.75, 3.05) is 0 Å². The third kappa shape index (κ3) is 17.1. The number of nitrogens with zero attached hydrogens (tertiary/aromatic N) is 1. The first-order valence-corrected chi connectivity index (χ1v) is 8.24. The third-order valence-electron chi connectivity index (χ3n) is 3.37. The minimum atomic E-state index is 0.726. The monoisotopic (exact) mass is 261 g/mol. The smallest absolute Gasteiger partial charge is 0.0621 e. The van der Waals surface area contributed by atoms with E-state index in [1.165, 1.54) is 64.2 Å². The van der Waals surface area contributed by atoms with Gasteiger partial charge in [-0.15, -0.1) is 11.8 Å². The maximum absolute atomic E-state index is 8.40. The summed E-state index contributed by atoms with van der Waals surface area (Å²) in [4.78, 5) is 0. The average molecular weight is 261 g/mol. The quantitative estimate of drug-likeness (QED) is 0.312. The fraction of sp³-hybridized carbons (Fsp3) is 0.833. The van der Waals surface area contributed by atoms with Gasteiger partial charge in [0.25, 0.3) is 0 Å². The molecule has 0 fully saturated rings. The van der Waals surface area contributed by atoms with E-state index in [9.17, 15) is 0 Å². The predicted octanol–water partition coefficient (Wildman–Crippen LogP) is 5.99. The zero-order chi connectivity index (χ0) is 14.0. The Hall–Kier alpha value is -0.950. The molecule has 0 amide bonds. The van der Waals surface area contributed by atoms with Crippen LogP contribution in [0.1, 0.15) is 96.8 Å². The molecule has 0 N–H and O–H groups in total. The van der Waals surface area contributed by atoms with E-state index in [2.05, 4.69) is 24.8 Å². The molecule has 0 unspecified atom stereocenters. The Balaban J connectivity index is 3.07. The molecule has 0 aromatic carbocycles. The van der Waals surface area contributed by atoms with Crippen LogP contribution in [0.25, 0.3) is 0 Å². The molecule has 0 radical (unpaired) electrons. The lowest BCUT2D eigenvalue weighted by atomic mass is 10.1. The molecular formula is C18H31N. The molecule has 0 heterocycles. The molecule has 0 aliphatic carbocycles. The molecule has 0 atom stereocenters. The molecule has 0 aromatic rings. The number of hydrogen-bond donors (Lipinski definition) is 0. The first-order valence-electron chi connectivity index (χ1n) is 8.24. The lowest BCUT2D eigenvalue weighted by Gasteiger charge is -1.97. The van der Waals surface area contributed by atoms with Crippen molar-refractivity contribution in [3.8, 4) is 17.9 Å². The van der Waals surface area contributed by atoms with Gasteiger partial charge in [-0.25, -0.2) is 0 Å². The Kier molecular flexibility index (Phi) is 16.2. The fourth-order valence-electron chi connectivity index (χ4n) is 2.12. The predicted molar refractivity (Wildman–Crippen MR) is 83.7 cm³/mol. The minimum Gasteiger partial charge on any atom is -0.198 e. The molecule has 108 valence electrons. The van der Waals surface area contributed by atoms with Gasteiger partial charge in [-0.1, -0.05) is 58.3 Å². The molecule has 1 heteroatoms. The van der Waals surface area contributed by atoms with Gasteiger partial charge >= 0.3 is 0 Å². The van der Waals surface area contributed by atoms with Gasteiger partial charge in [-0.05, 0) is 19.3 Å². The lowest BCUT2D eigenvalue weighted by Crippen LogP contribution is -1.80. The van der Waals surface area contributed by atoms with Gasteiger partial charge in [0.1, 0.15) is 0 Å². The van der Waals surface area contributed by atoms with Crippen LogP contribution in [0, 0.1) is 23.2 Å². The van der Waals surface area contributed by atoms with E-state index < -0.39 is 0 Å². The summed E-state index contributed by atoms with van der Waals surface area (Å²) in [7, 11) is 0. The Morgan fingerprint density at radius 1 is 0.579 bits per heavy atom. The average Bonchev–Trinajstić information content (AvgIpc) is 2.43. The van der Waals surface area contributed by atoms with Crippen LogP contribution in [0.2, 0.25) is 0 Å². The highest BCUT2D eigenvalue weighted by atomic mass is 14.2. The summed E-state index contributed by atoms with van der Waals surface area (Å²) in [6, 6.07) is 2.20. The molecule has 19 heavy (non-hydrogen) atoms. The first-order chi connectivity index (χ1) is 9.41. The number of rotatable bonds is 12. The maximum Gasteiger partial charge on any atom is 0.0621 e. The molecule has 0 spiro atoms. The zero-order valence-corrected chi connectivity index (χ0v) is 12.8. The van der Waals surface area contributed by atoms with Gasteiger partial charge in [0.05, 0.1) is 6.07 Å². The van der Waals surface area contributed by atoms with Crippen LogP contribution in [-0.2, 0) is 0 Å². The summed E-state index contributed by atoms with van der Waals surface area (Å²) in [6.45, 7) is 2.25. The summed E-state index contributed by atoms with van der Waals surface area (Å²) >= 11 is 0. The standard InChI is InChI=1S/C18H31N/c1-2-3-4-5-6-7-8-9-10-11-12-13-14-15-16-17-18-19/h2-7,10-17H2,1H3. The van der Waals surface area contributed by atoms with E-state index in [0.29, 0.717) is 0 Å². The SMILES string of the molecule is CCCCCCCC#CCCCCCCCCC#N. The fourth-order valence-corrected chi connectivity index (χ4v) is 2.12. The third-order valence-corrected chi connectivity index (χ3v) is 3.37. The van der Waals surface area contributed by atoms with Crippen molar-refractivity contribution < 1.29 is 0 Å². The van der Waals surface area contributed by atoms with Gasteiger partial charge in [0, 0.05) is 19.3 Å². The van der Waals surface area contributed by atoms with E-state index in [-0.39, 0.29) is 0 Å². The Bertz CT molecular complexity index is 264. The van der Waals surface area contributed by atoms with Crippen LogP contribution in [0.15, 0.2) is 0 Å². The second-order valence-corrected chi connectivity index (χ2v) is 5.30. The molecule has 1 nitrogen and oxygen atoms in total. The summed E-state index contributed by atoms with van der Waals surface area (Å²) in [5.74, 6) is 6.59. The highest BCUT2D eigenvalue weighted by Crippen LogP contribution is 2.08. The molecule has 0 saturated carbocycles. The Morgan fingerprint density at radius 3 is 1.47 bits per heavy atom. The Labute approximate surface area is 120 Å². The summed E-state index contributed by atoms with van der Waals surface area (Å²) in [5.41, 5.74) is 0. The van der Waals surface area contributed by atoms with Gasteiger partial charge < -0.3 is 0 Å². The first kappa shape index (κ1) is 18.0. The van der Waals surface area contributed by atoms with Crippen LogP contribution in [0.4, 0.5) is 0 Å². The zero-order valence-electron chi connectivity index (χ0n) is 12.8. The van der Waals surface area contributed by atoms with Crippen LogP contribution in [-0.4, -0.2) is 0 Å². The number of hydrogen-bond acceptors (Lipinski definition) is 1. The highest BCUT2D eigenvalue weighted by Gasteiger charge is 1.90. The van der Waals surface area contributed by atoms with E-state index in [1.54, 1.807) is 0 Å². The van der Waals surface area contributed by atoms with E-state index in [0.717, 1.165) is 25.7 Å². The Morgan fingerprint density at radius 2 is 1.00 bits per heavy atom. The second-order valence-electron chi connectivity index (χ2n) is 5.30. The molecule has 0 rings (SSSR count). The van der Waals surface area contributed by atoms with Crippen LogP contribution >= 0.6 is 0 Å². The largest absolute Gasteiger partial charge is 0.198 e. The van der Waals surface area contributed by atoms with E-state index in [4.69, 9.17) is 5.26 Å². The van der Waals surface area contributed by atoms with Gasteiger partial charge in [0.15, 0.2) is 0 Å². The molecule has 0 aliphatic rings. The van der Waals surface area contributed by atoms with Crippen molar-refractivity contribution in [2.45, 2.75) is 96.8 Å². The van der Waals surface area contributed by atoms with E-state index >= 15 is 0 Å². The van der Waals surface area contributed by atoms with Gasteiger partial charge in [0.2, 0.25) is 0 Å². The molecule has 0 aromatic heterocycles. The van der Waals surface area contributed by atoms with Gasteiger partial charge in [-0.3, -0.25) is 0 Å². The number of nitriles is 1. The van der Waals surface area contributed by atoms with Crippen molar-refractivity contribution in [3.05, 3.63) is 0 Å². The topological polar surface area (TPSA) is 23.8 Å². The number of unbranched alkanes of at least 4 members (excludes halogenated alkanes) is 12. The van der Waals surface area contributed by atoms with Crippen molar-refractivity contribution in [2.24, 2.45) is 0 Å².